The fourth-order valence-corrected chi connectivity index (χ4v) is 6.21. The molecule has 2 aliphatic rings. The molecule has 0 bridgehead atoms. The molecule has 4 nitrogen and oxygen atoms in total. The topological polar surface area (TPSA) is 63.2 Å². The van der Waals surface area contributed by atoms with Gasteiger partial charge in [0.05, 0.1) is 5.56 Å². The third-order valence-electron chi connectivity index (χ3n) is 6.49. The molecular weight excluding hydrogens is 391 g/mol. The molecule has 2 saturated carbocycles. The Labute approximate surface area is 163 Å². The summed E-state index contributed by atoms with van der Waals surface area (Å²) in [4.78, 5) is 12.9. The van der Waals surface area contributed by atoms with Crippen LogP contribution >= 0.6 is 0 Å². The van der Waals surface area contributed by atoms with Crippen molar-refractivity contribution in [3.05, 3.63) is 35.4 Å². The average Bonchev–Trinajstić information content (AvgIpc) is 3.29. The number of alkyl halides is 3. The van der Waals surface area contributed by atoms with E-state index in [1.54, 1.807) is 6.07 Å². The van der Waals surface area contributed by atoms with E-state index in [2.05, 4.69) is 5.32 Å². The van der Waals surface area contributed by atoms with Crippen molar-refractivity contribution in [3.8, 4) is 0 Å². The van der Waals surface area contributed by atoms with Crippen molar-refractivity contribution in [2.24, 2.45) is 0 Å². The van der Waals surface area contributed by atoms with E-state index in [0.29, 0.717) is 44.1 Å². The maximum absolute atomic E-state index is 13.1. The van der Waals surface area contributed by atoms with Gasteiger partial charge in [0.25, 0.3) is 0 Å². The van der Waals surface area contributed by atoms with Crippen molar-refractivity contribution < 1.29 is 26.4 Å². The van der Waals surface area contributed by atoms with Crippen LogP contribution in [0.15, 0.2) is 24.3 Å². The number of sulfone groups is 1. The van der Waals surface area contributed by atoms with Gasteiger partial charge in [-0.15, -0.1) is 0 Å². The molecule has 0 aliphatic heterocycles. The second-order valence-electron chi connectivity index (χ2n) is 8.22. The Balaban J connectivity index is 1.85. The molecule has 0 spiro atoms. The Kier molecular flexibility index (Phi) is 5.55. The standard InChI is InChI=1S/C20H26F3NO3S/c1-28(26,27)19(11-4-5-12-19)17(25)24-14-18(9-2-3-10-18)15-7-6-8-16(13-15)20(21,22)23/h6-8,13H,2-5,9-12,14H2,1H3,(H,24,25). The average molecular weight is 417 g/mol. The molecule has 0 heterocycles. The Morgan fingerprint density at radius 1 is 1.07 bits per heavy atom. The summed E-state index contributed by atoms with van der Waals surface area (Å²) in [5.74, 6) is -0.509. The van der Waals surface area contributed by atoms with Gasteiger partial charge in [-0.25, -0.2) is 8.42 Å². The summed E-state index contributed by atoms with van der Waals surface area (Å²) in [5.41, 5.74) is -0.736. The first-order valence-corrected chi connectivity index (χ1v) is 11.6. The zero-order valence-corrected chi connectivity index (χ0v) is 16.8. The SMILES string of the molecule is CS(=O)(=O)C1(C(=O)NCC2(c3cccc(C(F)(F)F)c3)CCCC2)CCCC1. The van der Waals surface area contributed by atoms with Crippen LogP contribution in [0.4, 0.5) is 13.2 Å². The smallest absolute Gasteiger partial charge is 0.354 e. The number of benzene rings is 1. The van der Waals surface area contributed by atoms with Crippen molar-refractivity contribution in [3.63, 3.8) is 0 Å². The van der Waals surface area contributed by atoms with E-state index in [0.717, 1.165) is 25.2 Å². The van der Waals surface area contributed by atoms with Crippen LogP contribution in [0, 0.1) is 0 Å². The zero-order valence-electron chi connectivity index (χ0n) is 15.9. The van der Waals surface area contributed by atoms with Gasteiger partial charge >= 0.3 is 6.18 Å². The number of carbonyl (C=O) groups excluding carboxylic acids is 1. The third-order valence-corrected chi connectivity index (χ3v) is 8.50. The lowest BCUT2D eigenvalue weighted by atomic mass is 9.78. The summed E-state index contributed by atoms with van der Waals surface area (Å²) in [6.45, 7) is 0.157. The maximum Gasteiger partial charge on any atom is 0.416 e. The molecule has 0 aromatic heterocycles. The van der Waals surface area contributed by atoms with Gasteiger partial charge in [-0.1, -0.05) is 43.9 Å². The summed E-state index contributed by atoms with van der Waals surface area (Å²) in [5, 5.41) is 2.81. The van der Waals surface area contributed by atoms with Crippen molar-refractivity contribution in [2.75, 3.05) is 12.8 Å². The molecule has 0 saturated heterocycles. The molecule has 8 heteroatoms. The van der Waals surface area contributed by atoms with Crippen LogP contribution < -0.4 is 5.32 Å². The summed E-state index contributed by atoms with van der Waals surface area (Å²) in [7, 11) is -3.58. The predicted octanol–water partition coefficient (Wildman–Crippen LogP) is 3.99. The van der Waals surface area contributed by atoms with Gasteiger partial charge in [0.2, 0.25) is 5.91 Å². The van der Waals surface area contributed by atoms with Crippen LogP contribution in [0.25, 0.3) is 0 Å². The zero-order chi connectivity index (χ0) is 20.6. The summed E-state index contributed by atoms with van der Waals surface area (Å²) < 4.78 is 62.7. The molecule has 0 radical (unpaired) electrons. The second kappa shape index (κ2) is 7.35. The Morgan fingerprint density at radius 3 is 2.18 bits per heavy atom. The minimum absolute atomic E-state index is 0.157. The van der Waals surface area contributed by atoms with Crippen LogP contribution in [0.1, 0.15) is 62.5 Å². The molecular formula is C20H26F3NO3S. The number of rotatable bonds is 5. The van der Waals surface area contributed by atoms with Crippen molar-refractivity contribution in [2.45, 2.75) is 67.7 Å². The number of hydrogen-bond donors (Lipinski definition) is 1. The lowest BCUT2D eigenvalue weighted by molar-refractivity contribution is -0.137. The minimum Gasteiger partial charge on any atom is -0.354 e. The van der Waals surface area contributed by atoms with E-state index in [1.807, 2.05) is 0 Å². The summed E-state index contributed by atoms with van der Waals surface area (Å²) >= 11 is 0. The number of carbonyl (C=O) groups is 1. The molecule has 1 aromatic carbocycles. The van der Waals surface area contributed by atoms with Gasteiger partial charge in [-0.3, -0.25) is 4.79 Å². The van der Waals surface area contributed by atoms with Crippen molar-refractivity contribution in [1.82, 2.24) is 5.32 Å². The van der Waals surface area contributed by atoms with Gasteiger partial charge in [-0.05, 0) is 37.3 Å². The van der Waals surface area contributed by atoms with Crippen LogP contribution in [0.3, 0.4) is 0 Å². The van der Waals surface area contributed by atoms with Crippen LogP contribution in [-0.4, -0.2) is 31.9 Å². The Hall–Kier alpha value is -1.57. The van der Waals surface area contributed by atoms with E-state index >= 15 is 0 Å². The maximum atomic E-state index is 13.1. The summed E-state index contributed by atoms with van der Waals surface area (Å²) in [6, 6.07) is 5.28. The van der Waals surface area contributed by atoms with E-state index in [-0.39, 0.29) is 6.54 Å². The first-order valence-electron chi connectivity index (χ1n) is 9.66. The van der Waals surface area contributed by atoms with E-state index in [4.69, 9.17) is 0 Å². The lowest BCUT2D eigenvalue weighted by Gasteiger charge is -2.33. The predicted molar refractivity (Wildman–Crippen MR) is 101 cm³/mol. The van der Waals surface area contributed by atoms with E-state index in [1.165, 1.54) is 12.1 Å². The normalized spacial score (nSPS) is 21.6. The lowest BCUT2D eigenvalue weighted by Crippen LogP contribution is -2.52. The molecule has 156 valence electrons. The Bertz CT molecular complexity index is 836. The highest BCUT2D eigenvalue weighted by molar-refractivity contribution is 7.92. The molecule has 3 rings (SSSR count). The highest BCUT2D eigenvalue weighted by Gasteiger charge is 2.50. The highest BCUT2D eigenvalue weighted by atomic mass is 32.2. The molecule has 2 fully saturated rings. The second-order valence-corrected chi connectivity index (χ2v) is 10.5. The molecule has 0 unspecified atom stereocenters. The first kappa shape index (κ1) is 21.1. The molecule has 2 aliphatic carbocycles. The molecule has 1 aromatic rings. The number of halogens is 3. The monoisotopic (exact) mass is 417 g/mol. The molecule has 0 atom stereocenters. The van der Waals surface area contributed by atoms with Crippen LogP contribution in [0.2, 0.25) is 0 Å². The largest absolute Gasteiger partial charge is 0.416 e. The van der Waals surface area contributed by atoms with Gasteiger partial charge in [0.15, 0.2) is 9.84 Å². The van der Waals surface area contributed by atoms with E-state index < -0.39 is 37.6 Å². The first-order chi connectivity index (χ1) is 13.0. The fourth-order valence-electron chi connectivity index (χ4n) is 4.77. The van der Waals surface area contributed by atoms with Gasteiger partial charge < -0.3 is 5.32 Å². The van der Waals surface area contributed by atoms with Gasteiger partial charge in [-0.2, -0.15) is 13.2 Å². The quantitative estimate of drug-likeness (QED) is 0.788. The highest BCUT2D eigenvalue weighted by Crippen LogP contribution is 2.43. The van der Waals surface area contributed by atoms with Crippen LogP contribution in [0.5, 0.6) is 0 Å². The number of amides is 1. The number of nitrogens with one attached hydrogen (secondary N) is 1. The molecule has 28 heavy (non-hydrogen) atoms. The van der Waals surface area contributed by atoms with E-state index in [9.17, 15) is 26.4 Å². The summed E-state index contributed by atoms with van der Waals surface area (Å²) in [6.07, 6.45) is 1.69. The Morgan fingerprint density at radius 2 is 1.64 bits per heavy atom. The van der Waals surface area contributed by atoms with Gasteiger partial charge in [0, 0.05) is 18.2 Å². The van der Waals surface area contributed by atoms with Crippen LogP contribution in [-0.2, 0) is 26.2 Å². The minimum atomic E-state index is -4.43. The van der Waals surface area contributed by atoms with Gasteiger partial charge in [0.1, 0.15) is 4.75 Å². The van der Waals surface area contributed by atoms with Crippen molar-refractivity contribution in [1.29, 1.82) is 0 Å². The molecule has 1 amide bonds. The molecule has 1 N–H and O–H groups in total. The fraction of sp³-hybridized carbons (Fsp3) is 0.650. The third kappa shape index (κ3) is 3.80. The van der Waals surface area contributed by atoms with Crippen molar-refractivity contribution >= 4 is 15.7 Å². The number of hydrogen-bond acceptors (Lipinski definition) is 3.